The van der Waals surface area contributed by atoms with Gasteiger partial charge in [-0.15, -0.1) is 0 Å². The number of rotatable bonds is 3. The van der Waals surface area contributed by atoms with Crippen molar-refractivity contribution in [3.63, 3.8) is 0 Å². The Bertz CT molecular complexity index is 795. The van der Waals surface area contributed by atoms with E-state index in [2.05, 4.69) is 39.2 Å². The third kappa shape index (κ3) is 3.00. The molecule has 1 saturated heterocycles. The van der Waals surface area contributed by atoms with Crippen LogP contribution < -0.4 is 5.73 Å². The van der Waals surface area contributed by atoms with Gasteiger partial charge in [0.2, 0.25) is 0 Å². The number of H-pyrrole nitrogens is 1. The molecule has 25 heavy (non-hydrogen) atoms. The Hall–Kier alpha value is -2.04. The molecule has 0 aliphatic carbocycles. The predicted octanol–water partition coefficient (Wildman–Crippen LogP) is 4.11. The smallest absolute Gasteiger partial charge is 0.138 e. The zero-order valence-corrected chi connectivity index (χ0v) is 15.0. The number of likely N-dealkylation sites (tertiary alicyclic amines) is 1. The maximum atomic E-state index is 6.23. The van der Waals surface area contributed by atoms with Crippen molar-refractivity contribution in [2.24, 2.45) is 10.7 Å². The van der Waals surface area contributed by atoms with Crippen LogP contribution in [-0.2, 0) is 5.41 Å². The maximum absolute atomic E-state index is 6.23. The molecular weight excluding hydrogens is 332 g/mol. The summed E-state index contributed by atoms with van der Waals surface area (Å²) in [5, 5.41) is 0.775. The van der Waals surface area contributed by atoms with E-state index in [9.17, 15) is 0 Å². The molecule has 1 aromatic carbocycles. The SMILES string of the molecule is NCC1(c2ccc(Cl)cc2)CCN(C2=CCC=Nc3[nH]ccc32)CC1. The number of hydrogen-bond donors (Lipinski definition) is 2. The molecule has 1 aromatic heterocycles. The molecule has 130 valence electrons. The lowest BCUT2D eigenvalue weighted by Gasteiger charge is -2.43. The quantitative estimate of drug-likeness (QED) is 0.871. The standard InChI is InChI=1S/C20H23ClN4/c21-16-5-3-15(4-6-16)20(14-22)8-12-25(13-9-20)18-2-1-10-23-19-17(18)7-11-24-19/h2-7,10-11,24H,1,8-9,12-14,22H2. The van der Waals surface area contributed by atoms with Crippen molar-refractivity contribution < 1.29 is 0 Å². The highest BCUT2D eigenvalue weighted by atomic mass is 35.5. The molecule has 0 atom stereocenters. The van der Waals surface area contributed by atoms with E-state index in [-0.39, 0.29) is 5.41 Å². The van der Waals surface area contributed by atoms with Gasteiger partial charge < -0.3 is 15.6 Å². The largest absolute Gasteiger partial charge is 0.371 e. The van der Waals surface area contributed by atoms with Gasteiger partial charge in [-0.2, -0.15) is 0 Å². The van der Waals surface area contributed by atoms with Crippen molar-refractivity contribution in [3.8, 4) is 0 Å². The van der Waals surface area contributed by atoms with E-state index in [0.717, 1.165) is 43.2 Å². The summed E-state index contributed by atoms with van der Waals surface area (Å²) in [4.78, 5) is 10.2. The van der Waals surface area contributed by atoms with Crippen molar-refractivity contribution in [1.29, 1.82) is 0 Å². The Kier molecular flexibility index (Phi) is 4.40. The fourth-order valence-corrected chi connectivity index (χ4v) is 4.11. The molecule has 0 amide bonds. The minimum atomic E-state index is 0.0455. The van der Waals surface area contributed by atoms with Gasteiger partial charge in [-0.05, 0) is 36.6 Å². The third-order valence-electron chi connectivity index (χ3n) is 5.55. The second kappa shape index (κ2) is 6.70. The third-order valence-corrected chi connectivity index (χ3v) is 5.80. The molecule has 2 aliphatic heterocycles. The van der Waals surface area contributed by atoms with Crippen LogP contribution in [0.15, 0.2) is 47.6 Å². The number of halogens is 1. The summed E-state index contributed by atoms with van der Waals surface area (Å²) in [5.74, 6) is 0.956. The monoisotopic (exact) mass is 354 g/mol. The van der Waals surface area contributed by atoms with Gasteiger partial charge in [-0.3, -0.25) is 0 Å². The molecule has 5 heteroatoms. The van der Waals surface area contributed by atoms with Gasteiger partial charge in [0.1, 0.15) is 5.82 Å². The molecule has 3 heterocycles. The zero-order chi connectivity index (χ0) is 17.3. The lowest BCUT2D eigenvalue weighted by molar-refractivity contribution is 0.221. The summed E-state index contributed by atoms with van der Waals surface area (Å²) >= 11 is 6.05. The fraction of sp³-hybridized carbons (Fsp3) is 0.350. The van der Waals surface area contributed by atoms with Crippen LogP contribution in [-0.4, -0.2) is 35.7 Å². The minimum absolute atomic E-state index is 0.0455. The summed E-state index contributed by atoms with van der Waals surface area (Å²) in [6.07, 6.45) is 9.16. The van der Waals surface area contributed by atoms with Crippen LogP contribution in [0.5, 0.6) is 0 Å². The van der Waals surface area contributed by atoms with Gasteiger partial charge in [-0.1, -0.05) is 29.8 Å². The predicted molar refractivity (Wildman–Crippen MR) is 105 cm³/mol. The highest BCUT2D eigenvalue weighted by molar-refractivity contribution is 6.30. The zero-order valence-electron chi connectivity index (χ0n) is 14.2. The molecule has 0 radical (unpaired) electrons. The van der Waals surface area contributed by atoms with Crippen LogP contribution in [0.4, 0.5) is 5.82 Å². The van der Waals surface area contributed by atoms with Crippen LogP contribution in [0.2, 0.25) is 5.02 Å². The Balaban J connectivity index is 1.55. The van der Waals surface area contributed by atoms with Crippen molar-refractivity contribution in [2.45, 2.75) is 24.7 Å². The molecule has 0 unspecified atom stereocenters. The summed E-state index contributed by atoms with van der Waals surface area (Å²) < 4.78 is 0. The molecular formula is C20H23ClN4. The van der Waals surface area contributed by atoms with Crippen molar-refractivity contribution >= 4 is 29.3 Å². The van der Waals surface area contributed by atoms with Crippen LogP contribution in [0.3, 0.4) is 0 Å². The number of hydrogen-bond acceptors (Lipinski definition) is 3. The van der Waals surface area contributed by atoms with Gasteiger partial charge in [0.05, 0.1) is 0 Å². The summed E-state index contributed by atoms with van der Waals surface area (Å²) in [5.41, 5.74) is 10.1. The Labute approximate surface area is 153 Å². The molecule has 3 N–H and O–H groups in total. The van der Waals surface area contributed by atoms with E-state index in [1.165, 1.54) is 16.8 Å². The molecule has 1 fully saturated rings. The first kappa shape index (κ1) is 16.4. The van der Waals surface area contributed by atoms with Gasteiger partial charge in [0.25, 0.3) is 0 Å². The number of fused-ring (bicyclic) bond motifs is 1. The summed E-state index contributed by atoms with van der Waals surface area (Å²) in [6, 6.07) is 10.3. The molecule has 2 aromatic rings. The second-order valence-corrected chi connectivity index (χ2v) is 7.29. The van der Waals surface area contributed by atoms with E-state index in [1.807, 2.05) is 24.5 Å². The first-order valence-electron chi connectivity index (χ1n) is 8.83. The lowest BCUT2D eigenvalue weighted by Crippen LogP contribution is -2.46. The topological polar surface area (TPSA) is 57.4 Å². The van der Waals surface area contributed by atoms with E-state index in [0.29, 0.717) is 6.54 Å². The number of aliphatic imine (C=N–C) groups is 1. The van der Waals surface area contributed by atoms with Gasteiger partial charge in [-0.25, -0.2) is 4.99 Å². The molecule has 0 spiro atoms. The highest BCUT2D eigenvalue weighted by Gasteiger charge is 2.36. The fourth-order valence-electron chi connectivity index (χ4n) is 3.98. The number of nitrogens with zero attached hydrogens (tertiary/aromatic N) is 2. The average molecular weight is 355 g/mol. The number of benzene rings is 1. The number of nitrogens with two attached hydrogens (primary N) is 1. The number of allylic oxidation sites excluding steroid dienone is 1. The van der Waals surface area contributed by atoms with E-state index in [1.54, 1.807) is 0 Å². The number of piperidine rings is 1. The summed E-state index contributed by atoms with van der Waals surface area (Å²) in [7, 11) is 0. The van der Waals surface area contributed by atoms with Crippen molar-refractivity contribution in [1.82, 2.24) is 9.88 Å². The van der Waals surface area contributed by atoms with Gasteiger partial charge in [0, 0.05) is 60.2 Å². The molecule has 0 saturated carbocycles. The molecule has 4 rings (SSSR count). The van der Waals surface area contributed by atoms with Crippen molar-refractivity contribution in [2.75, 3.05) is 19.6 Å². The Morgan fingerprint density at radius 3 is 2.64 bits per heavy atom. The normalized spacial score (nSPS) is 19.3. The van der Waals surface area contributed by atoms with Crippen LogP contribution >= 0.6 is 11.6 Å². The maximum Gasteiger partial charge on any atom is 0.138 e. The first-order valence-corrected chi connectivity index (χ1v) is 9.21. The van der Waals surface area contributed by atoms with Crippen LogP contribution in [0.1, 0.15) is 30.4 Å². The lowest BCUT2D eigenvalue weighted by atomic mass is 9.72. The van der Waals surface area contributed by atoms with Gasteiger partial charge in [0.15, 0.2) is 0 Å². The van der Waals surface area contributed by atoms with Gasteiger partial charge >= 0.3 is 0 Å². The Morgan fingerprint density at radius 2 is 1.92 bits per heavy atom. The Morgan fingerprint density at radius 1 is 1.16 bits per heavy atom. The van der Waals surface area contributed by atoms with E-state index in [4.69, 9.17) is 17.3 Å². The molecule has 2 aliphatic rings. The number of aromatic amines is 1. The molecule has 4 nitrogen and oxygen atoms in total. The van der Waals surface area contributed by atoms with Crippen molar-refractivity contribution in [3.05, 3.63) is 58.8 Å². The first-order chi connectivity index (χ1) is 12.2. The number of nitrogens with one attached hydrogen (secondary N) is 1. The van der Waals surface area contributed by atoms with E-state index < -0.39 is 0 Å². The van der Waals surface area contributed by atoms with Crippen LogP contribution in [0, 0.1) is 0 Å². The number of aromatic nitrogens is 1. The molecule has 0 bridgehead atoms. The highest BCUT2D eigenvalue weighted by Crippen LogP contribution is 2.39. The van der Waals surface area contributed by atoms with Crippen LogP contribution in [0.25, 0.3) is 5.70 Å². The second-order valence-electron chi connectivity index (χ2n) is 6.86. The average Bonchev–Trinajstić information content (AvgIpc) is 3.02. The summed E-state index contributed by atoms with van der Waals surface area (Å²) in [6.45, 7) is 2.66. The minimum Gasteiger partial charge on any atom is -0.371 e. The van der Waals surface area contributed by atoms with E-state index >= 15 is 0 Å².